The van der Waals surface area contributed by atoms with Gasteiger partial charge in [-0.25, -0.2) is 4.39 Å². The molecule has 27 heavy (non-hydrogen) atoms. The smallest absolute Gasteiger partial charge is 0.264 e. The molecule has 1 aromatic heterocycles. The molecule has 0 unspecified atom stereocenters. The minimum Gasteiger partial charge on any atom is -0.507 e. The second kappa shape index (κ2) is 7.00. The number of para-hydroxylation sites is 1. The summed E-state index contributed by atoms with van der Waals surface area (Å²) in [6, 6.07) is 12.8. The molecule has 4 rings (SSSR count). The second-order valence-electron chi connectivity index (χ2n) is 6.36. The molecule has 0 atom stereocenters. The summed E-state index contributed by atoms with van der Waals surface area (Å²) in [6.07, 6.45) is 0. The summed E-state index contributed by atoms with van der Waals surface area (Å²) in [5.74, 6) is -0.774. The molecule has 1 aliphatic heterocycles. The van der Waals surface area contributed by atoms with Crippen molar-refractivity contribution in [3.05, 3.63) is 64.8 Å². The summed E-state index contributed by atoms with van der Waals surface area (Å²) in [4.78, 5) is 29.1. The van der Waals surface area contributed by atoms with Gasteiger partial charge in [-0.1, -0.05) is 18.2 Å². The first-order valence-corrected chi connectivity index (χ1v) is 9.41. The highest BCUT2D eigenvalue weighted by Crippen LogP contribution is 2.29. The van der Waals surface area contributed by atoms with Crippen molar-refractivity contribution in [3.8, 4) is 5.75 Å². The number of rotatable bonds is 2. The van der Waals surface area contributed by atoms with Crippen LogP contribution in [0.1, 0.15) is 20.0 Å². The molecular formula is C20H17FN2O3S. The number of hydrogen-bond acceptors (Lipinski definition) is 4. The summed E-state index contributed by atoms with van der Waals surface area (Å²) >= 11 is 1.27. The molecule has 5 nitrogen and oxygen atoms in total. The molecule has 1 N–H and O–H groups in total. The molecule has 138 valence electrons. The number of aromatic hydroxyl groups is 1. The minimum atomic E-state index is -0.333. The van der Waals surface area contributed by atoms with Crippen molar-refractivity contribution in [1.29, 1.82) is 0 Å². The van der Waals surface area contributed by atoms with Crippen molar-refractivity contribution in [2.75, 3.05) is 26.2 Å². The maximum atomic E-state index is 13.9. The van der Waals surface area contributed by atoms with Gasteiger partial charge in [-0.3, -0.25) is 9.59 Å². The highest BCUT2D eigenvalue weighted by atomic mass is 32.1. The van der Waals surface area contributed by atoms with Gasteiger partial charge in [0.2, 0.25) is 0 Å². The number of fused-ring (bicyclic) bond motifs is 1. The zero-order valence-corrected chi connectivity index (χ0v) is 15.2. The highest BCUT2D eigenvalue weighted by molar-refractivity contribution is 7.20. The molecule has 1 saturated heterocycles. The Morgan fingerprint density at radius 3 is 2.26 bits per heavy atom. The van der Waals surface area contributed by atoms with Crippen LogP contribution >= 0.6 is 11.3 Å². The van der Waals surface area contributed by atoms with E-state index in [1.165, 1.54) is 23.5 Å². The zero-order chi connectivity index (χ0) is 19.0. The quantitative estimate of drug-likeness (QED) is 0.737. The standard InChI is InChI=1S/C20H17FN2O3S/c21-15-5-3-7-17-14(15)12-18(27-17)20(26)23-10-8-22(9-11-23)19(25)13-4-1-2-6-16(13)24/h1-7,12,24H,8-11H2. The Bertz CT molecular complexity index is 1020. The van der Waals surface area contributed by atoms with Crippen LogP contribution in [0.5, 0.6) is 5.75 Å². The van der Waals surface area contributed by atoms with E-state index in [1.54, 1.807) is 46.2 Å². The van der Waals surface area contributed by atoms with E-state index in [9.17, 15) is 19.1 Å². The predicted molar refractivity (Wildman–Crippen MR) is 102 cm³/mol. The molecule has 2 amide bonds. The van der Waals surface area contributed by atoms with Crippen molar-refractivity contribution in [2.24, 2.45) is 0 Å². The number of carbonyl (C=O) groups is 2. The first kappa shape index (κ1) is 17.5. The Labute approximate surface area is 159 Å². The van der Waals surface area contributed by atoms with E-state index in [2.05, 4.69) is 0 Å². The lowest BCUT2D eigenvalue weighted by molar-refractivity contribution is 0.0536. The number of phenols is 1. The number of hydrogen-bond donors (Lipinski definition) is 1. The van der Waals surface area contributed by atoms with Crippen LogP contribution in [-0.2, 0) is 0 Å². The Morgan fingerprint density at radius 2 is 1.59 bits per heavy atom. The molecular weight excluding hydrogens is 367 g/mol. The van der Waals surface area contributed by atoms with Gasteiger partial charge in [0, 0.05) is 36.3 Å². The molecule has 2 heterocycles. The fourth-order valence-corrected chi connectivity index (χ4v) is 4.27. The van der Waals surface area contributed by atoms with Gasteiger partial charge >= 0.3 is 0 Å². The number of piperazine rings is 1. The van der Waals surface area contributed by atoms with Gasteiger partial charge in [-0.2, -0.15) is 0 Å². The summed E-state index contributed by atoms with van der Waals surface area (Å²) < 4.78 is 14.6. The van der Waals surface area contributed by atoms with E-state index in [0.29, 0.717) is 36.4 Å². The van der Waals surface area contributed by atoms with E-state index in [1.807, 2.05) is 0 Å². The lowest BCUT2D eigenvalue weighted by atomic mass is 10.1. The van der Waals surface area contributed by atoms with Gasteiger partial charge in [-0.05, 0) is 30.3 Å². The van der Waals surface area contributed by atoms with Gasteiger partial charge in [0.25, 0.3) is 11.8 Å². The van der Waals surface area contributed by atoms with E-state index in [-0.39, 0.29) is 28.9 Å². The molecule has 0 radical (unpaired) electrons. The minimum absolute atomic E-state index is 0.0479. The third kappa shape index (κ3) is 3.26. The predicted octanol–water partition coefficient (Wildman–Crippen LogP) is 3.34. The molecule has 7 heteroatoms. The summed E-state index contributed by atoms with van der Waals surface area (Å²) in [7, 11) is 0. The van der Waals surface area contributed by atoms with Crippen LogP contribution in [0.3, 0.4) is 0 Å². The molecule has 0 aliphatic carbocycles. The fourth-order valence-electron chi connectivity index (χ4n) is 3.22. The lowest BCUT2D eigenvalue weighted by Crippen LogP contribution is -2.50. The van der Waals surface area contributed by atoms with Gasteiger partial charge < -0.3 is 14.9 Å². The summed E-state index contributed by atoms with van der Waals surface area (Å²) in [5.41, 5.74) is 0.261. The first-order valence-electron chi connectivity index (χ1n) is 8.59. The van der Waals surface area contributed by atoms with Crippen LogP contribution in [0.4, 0.5) is 4.39 Å². The molecule has 0 spiro atoms. The maximum absolute atomic E-state index is 13.9. The monoisotopic (exact) mass is 384 g/mol. The summed E-state index contributed by atoms with van der Waals surface area (Å²) in [6.45, 7) is 1.57. The number of nitrogens with zero attached hydrogens (tertiary/aromatic N) is 2. The number of amides is 2. The van der Waals surface area contributed by atoms with E-state index < -0.39 is 0 Å². The topological polar surface area (TPSA) is 60.9 Å². The van der Waals surface area contributed by atoms with Crippen molar-refractivity contribution in [1.82, 2.24) is 9.80 Å². The number of benzene rings is 2. The van der Waals surface area contributed by atoms with Crippen molar-refractivity contribution in [3.63, 3.8) is 0 Å². The van der Waals surface area contributed by atoms with Crippen molar-refractivity contribution < 1.29 is 19.1 Å². The van der Waals surface area contributed by atoms with Gasteiger partial charge in [-0.15, -0.1) is 11.3 Å². The Kier molecular flexibility index (Phi) is 4.53. The van der Waals surface area contributed by atoms with Crippen LogP contribution < -0.4 is 0 Å². The van der Waals surface area contributed by atoms with Crippen LogP contribution in [0.15, 0.2) is 48.5 Å². The average Bonchev–Trinajstić information content (AvgIpc) is 3.13. The van der Waals surface area contributed by atoms with Crippen LogP contribution in [0.2, 0.25) is 0 Å². The van der Waals surface area contributed by atoms with E-state index >= 15 is 0 Å². The van der Waals surface area contributed by atoms with Gasteiger partial charge in [0.05, 0.1) is 10.4 Å². The number of halogens is 1. The van der Waals surface area contributed by atoms with Crippen LogP contribution in [0.25, 0.3) is 10.1 Å². The normalized spacial score (nSPS) is 14.6. The molecule has 1 fully saturated rings. The van der Waals surface area contributed by atoms with Crippen LogP contribution in [-0.4, -0.2) is 52.9 Å². The van der Waals surface area contributed by atoms with Crippen molar-refractivity contribution >= 4 is 33.2 Å². The number of carbonyl (C=O) groups excluding carboxylic acids is 2. The number of thiophene rings is 1. The lowest BCUT2D eigenvalue weighted by Gasteiger charge is -2.34. The first-order chi connectivity index (χ1) is 13.0. The molecule has 0 bridgehead atoms. The van der Waals surface area contributed by atoms with Crippen molar-refractivity contribution in [2.45, 2.75) is 0 Å². The molecule has 3 aromatic rings. The third-order valence-corrected chi connectivity index (χ3v) is 5.80. The van der Waals surface area contributed by atoms with Gasteiger partial charge in [0.1, 0.15) is 11.6 Å². The molecule has 0 saturated carbocycles. The Morgan fingerprint density at radius 1 is 0.926 bits per heavy atom. The van der Waals surface area contributed by atoms with Gasteiger partial charge in [0.15, 0.2) is 0 Å². The average molecular weight is 384 g/mol. The zero-order valence-electron chi connectivity index (χ0n) is 14.4. The number of phenolic OH excluding ortho intramolecular Hbond substituents is 1. The summed E-state index contributed by atoms with van der Waals surface area (Å²) in [5, 5.41) is 10.3. The Balaban J connectivity index is 1.45. The second-order valence-corrected chi connectivity index (χ2v) is 7.45. The Hall–Kier alpha value is -2.93. The molecule has 1 aliphatic rings. The maximum Gasteiger partial charge on any atom is 0.264 e. The van der Waals surface area contributed by atoms with E-state index in [0.717, 1.165) is 4.70 Å². The highest BCUT2D eigenvalue weighted by Gasteiger charge is 2.27. The van der Waals surface area contributed by atoms with E-state index in [4.69, 9.17) is 0 Å². The third-order valence-electron chi connectivity index (χ3n) is 4.71. The largest absolute Gasteiger partial charge is 0.507 e. The fraction of sp³-hybridized carbons (Fsp3) is 0.200. The van der Waals surface area contributed by atoms with Crippen LogP contribution in [0, 0.1) is 5.82 Å². The molecule has 2 aromatic carbocycles. The SMILES string of the molecule is O=C(c1cc2c(F)cccc2s1)N1CCN(C(=O)c2ccccc2O)CC1.